The van der Waals surface area contributed by atoms with Crippen molar-refractivity contribution in [1.29, 1.82) is 0 Å². The van der Waals surface area contributed by atoms with Crippen LogP contribution in [0, 0.1) is 0 Å². The molecule has 1 amide bonds. The number of anilines is 2. The number of hydrogen-bond donors (Lipinski definition) is 1. The Bertz CT molecular complexity index is 988. The van der Waals surface area contributed by atoms with Gasteiger partial charge in [-0.3, -0.25) is 14.9 Å². The molecule has 1 N–H and O–H groups in total. The van der Waals surface area contributed by atoms with Gasteiger partial charge in [0, 0.05) is 19.0 Å². The van der Waals surface area contributed by atoms with Gasteiger partial charge in [0.25, 0.3) is 5.91 Å². The highest BCUT2D eigenvalue weighted by atomic mass is 79.9. The summed E-state index contributed by atoms with van der Waals surface area (Å²) in [4.78, 5) is 31.1. The van der Waals surface area contributed by atoms with Gasteiger partial charge in [-0.25, -0.2) is 4.98 Å². The minimum Gasteiger partial charge on any atom is -0.466 e. The summed E-state index contributed by atoms with van der Waals surface area (Å²) >= 11 is 6.25. The zero-order chi connectivity index (χ0) is 20.8. The van der Waals surface area contributed by atoms with Gasteiger partial charge in [-0.2, -0.15) is 0 Å². The zero-order valence-corrected chi connectivity index (χ0v) is 19.2. The normalized spacial score (nSPS) is 10.6. The maximum Gasteiger partial charge on any atom is 0.311 e. The molecule has 29 heavy (non-hydrogen) atoms. The van der Waals surface area contributed by atoms with Crippen molar-refractivity contribution in [1.82, 2.24) is 4.98 Å². The fourth-order valence-electron chi connectivity index (χ4n) is 2.62. The van der Waals surface area contributed by atoms with E-state index in [1.807, 2.05) is 31.3 Å². The van der Waals surface area contributed by atoms with Crippen LogP contribution in [-0.2, 0) is 22.5 Å². The molecule has 3 rings (SSSR count). The van der Waals surface area contributed by atoms with Gasteiger partial charge in [0.05, 0.1) is 28.1 Å². The van der Waals surface area contributed by atoms with Gasteiger partial charge >= 0.3 is 5.97 Å². The molecule has 0 spiro atoms. The van der Waals surface area contributed by atoms with Crippen LogP contribution in [0.3, 0.4) is 0 Å². The van der Waals surface area contributed by atoms with Crippen LogP contribution in [0.1, 0.15) is 27.9 Å². The van der Waals surface area contributed by atoms with Crippen LogP contribution in [0.4, 0.5) is 10.1 Å². The number of amides is 1. The second-order valence-electron chi connectivity index (χ2n) is 6.19. The van der Waals surface area contributed by atoms with Crippen LogP contribution in [0.2, 0.25) is 0 Å². The average molecular weight is 494 g/mol. The van der Waals surface area contributed by atoms with E-state index < -0.39 is 0 Å². The van der Waals surface area contributed by atoms with E-state index in [1.54, 1.807) is 12.3 Å². The molecule has 0 saturated heterocycles. The molecule has 6 nitrogen and oxygen atoms in total. The quantitative estimate of drug-likeness (QED) is 0.448. The van der Waals surface area contributed by atoms with Gasteiger partial charge in [0.15, 0.2) is 5.13 Å². The number of thiazole rings is 1. The summed E-state index contributed by atoms with van der Waals surface area (Å²) in [5, 5.41) is 5.98. The van der Waals surface area contributed by atoms with Crippen molar-refractivity contribution in [2.75, 3.05) is 23.9 Å². The van der Waals surface area contributed by atoms with Crippen molar-refractivity contribution >= 4 is 60.6 Å². The summed E-state index contributed by atoms with van der Waals surface area (Å²) in [6, 6.07) is 12.0. The van der Waals surface area contributed by atoms with Crippen LogP contribution in [-0.4, -0.2) is 30.5 Å². The third-order valence-corrected chi connectivity index (χ3v) is 6.83. The lowest BCUT2D eigenvalue weighted by Gasteiger charge is -2.17. The molecule has 0 radical (unpaired) electrons. The lowest BCUT2D eigenvalue weighted by Crippen LogP contribution is -2.15. The van der Waals surface area contributed by atoms with Crippen molar-refractivity contribution < 1.29 is 14.3 Å². The Balaban J connectivity index is 1.64. The average Bonchev–Trinajstić information content (AvgIpc) is 3.29. The van der Waals surface area contributed by atoms with Crippen LogP contribution < -0.4 is 10.2 Å². The van der Waals surface area contributed by atoms with Gasteiger partial charge in [-0.1, -0.05) is 30.3 Å². The number of hydrogen-bond acceptors (Lipinski definition) is 7. The predicted molar refractivity (Wildman–Crippen MR) is 121 cm³/mol. The molecule has 0 aliphatic rings. The maximum atomic E-state index is 12.6. The number of carbonyl (C=O) groups excluding carboxylic acids is 2. The minimum atomic E-state index is -0.330. The summed E-state index contributed by atoms with van der Waals surface area (Å²) in [5.74, 6) is -0.559. The van der Waals surface area contributed by atoms with Crippen LogP contribution in [0.25, 0.3) is 0 Å². The first-order valence-corrected chi connectivity index (χ1v) is 11.4. The number of benzene rings is 1. The SMILES string of the molecule is CCOC(=O)Cc1csc(NC(=O)c2cc(Br)c(N(C)Cc3ccccc3)s2)n1. The highest BCUT2D eigenvalue weighted by Crippen LogP contribution is 2.36. The highest BCUT2D eigenvalue weighted by Gasteiger charge is 2.18. The summed E-state index contributed by atoms with van der Waals surface area (Å²) in [6.45, 7) is 2.83. The Morgan fingerprint density at radius 3 is 2.76 bits per heavy atom. The molecular formula is C20H20BrN3O3S2. The molecule has 2 heterocycles. The summed E-state index contributed by atoms with van der Waals surface area (Å²) < 4.78 is 5.79. The number of rotatable bonds is 8. The van der Waals surface area contributed by atoms with Gasteiger partial charge in [-0.15, -0.1) is 22.7 Å². The number of nitrogens with one attached hydrogen (secondary N) is 1. The number of aromatic nitrogens is 1. The fourth-order valence-corrected chi connectivity index (χ4v) is 5.16. The first-order chi connectivity index (χ1) is 14.0. The lowest BCUT2D eigenvalue weighted by molar-refractivity contribution is -0.142. The molecule has 0 unspecified atom stereocenters. The molecule has 0 atom stereocenters. The third-order valence-electron chi connectivity index (χ3n) is 3.90. The van der Waals surface area contributed by atoms with Gasteiger partial charge in [0.1, 0.15) is 5.00 Å². The molecule has 3 aromatic rings. The molecule has 152 valence electrons. The van der Waals surface area contributed by atoms with E-state index in [2.05, 4.69) is 43.3 Å². The Labute approximate surface area is 185 Å². The smallest absolute Gasteiger partial charge is 0.311 e. The number of halogens is 1. The van der Waals surface area contributed by atoms with Crippen LogP contribution in [0.15, 0.2) is 46.3 Å². The number of ether oxygens (including phenoxy) is 1. The number of carbonyl (C=O) groups is 2. The summed E-state index contributed by atoms with van der Waals surface area (Å²) in [6.07, 6.45) is 0.0964. The minimum absolute atomic E-state index is 0.0964. The van der Waals surface area contributed by atoms with Gasteiger partial charge in [-0.05, 0) is 34.5 Å². The molecule has 1 aromatic carbocycles. The second kappa shape index (κ2) is 10.00. The van der Waals surface area contributed by atoms with E-state index in [0.29, 0.717) is 22.3 Å². The lowest BCUT2D eigenvalue weighted by atomic mass is 10.2. The molecule has 0 aliphatic heterocycles. The van der Waals surface area contributed by atoms with E-state index in [0.717, 1.165) is 16.0 Å². The van der Waals surface area contributed by atoms with E-state index in [-0.39, 0.29) is 18.3 Å². The van der Waals surface area contributed by atoms with E-state index in [9.17, 15) is 9.59 Å². The van der Waals surface area contributed by atoms with Crippen molar-refractivity contribution in [3.05, 3.63) is 62.4 Å². The molecule has 0 saturated carbocycles. The van der Waals surface area contributed by atoms with Crippen molar-refractivity contribution in [3.63, 3.8) is 0 Å². The highest BCUT2D eigenvalue weighted by molar-refractivity contribution is 9.10. The molecule has 0 bridgehead atoms. The Hall–Kier alpha value is -2.23. The van der Waals surface area contributed by atoms with Crippen molar-refractivity contribution in [2.24, 2.45) is 0 Å². The van der Waals surface area contributed by atoms with Gasteiger partial charge < -0.3 is 9.64 Å². The topological polar surface area (TPSA) is 71.5 Å². The van der Waals surface area contributed by atoms with E-state index in [4.69, 9.17) is 4.74 Å². The predicted octanol–water partition coefficient (Wildman–Crippen LogP) is 4.96. The molecule has 0 aliphatic carbocycles. The van der Waals surface area contributed by atoms with Crippen LogP contribution in [0.5, 0.6) is 0 Å². The summed E-state index contributed by atoms with van der Waals surface area (Å²) in [5.41, 5.74) is 1.78. The number of thiophene rings is 1. The zero-order valence-electron chi connectivity index (χ0n) is 16.0. The monoisotopic (exact) mass is 493 g/mol. The Morgan fingerprint density at radius 2 is 2.03 bits per heavy atom. The Kier molecular flexibility index (Phi) is 7.40. The van der Waals surface area contributed by atoms with Crippen molar-refractivity contribution in [3.8, 4) is 0 Å². The van der Waals surface area contributed by atoms with Gasteiger partial charge in [0.2, 0.25) is 0 Å². The van der Waals surface area contributed by atoms with Crippen LogP contribution >= 0.6 is 38.6 Å². The molecule has 9 heteroatoms. The second-order valence-corrected chi connectivity index (χ2v) is 8.93. The fraction of sp³-hybridized carbons (Fsp3) is 0.250. The first kappa shape index (κ1) is 21.5. The van der Waals surface area contributed by atoms with E-state index in [1.165, 1.54) is 28.2 Å². The third kappa shape index (κ3) is 5.88. The van der Waals surface area contributed by atoms with Crippen molar-refractivity contribution in [2.45, 2.75) is 19.9 Å². The molecule has 2 aromatic heterocycles. The molecule has 0 fully saturated rings. The standard InChI is InChI=1S/C20H20BrN3O3S2/c1-3-27-17(25)9-14-12-28-20(22-14)23-18(26)16-10-15(21)19(29-16)24(2)11-13-7-5-4-6-8-13/h4-8,10,12H,3,9,11H2,1-2H3,(H,22,23,26). The van der Waals surface area contributed by atoms with E-state index >= 15 is 0 Å². The first-order valence-electron chi connectivity index (χ1n) is 8.92. The maximum absolute atomic E-state index is 12.6. The largest absolute Gasteiger partial charge is 0.466 e. The summed E-state index contributed by atoms with van der Waals surface area (Å²) in [7, 11) is 1.99. The number of esters is 1. The number of nitrogens with zero attached hydrogens (tertiary/aromatic N) is 2. The Morgan fingerprint density at radius 1 is 1.28 bits per heavy atom. The molecular weight excluding hydrogens is 474 g/mol.